The van der Waals surface area contributed by atoms with E-state index in [1.165, 1.54) is 12.8 Å². The van der Waals surface area contributed by atoms with Crippen LogP contribution in [0, 0.1) is 0 Å². The van der Waals surface area contributed by atoms with Gasteiger partial charge in [-0.25, -0.2) is 0 Å². The van der Waals surface area contributed by atoms with Crippen molar-refractivity contribution in [2.75, 3.05) is 6.54 Å². The molecule has 0 bridgehead atoms. The van der Waals surface area contributed by atoms with Crippen LogP contribution in [-0.2, 0) is 0 Å². The Kier molecular flexibility index (Phi) is 10.1. The fraction of sp³-hybridized carbons (Fsp3) is 1.00. The van der Waals surface area contributed by atoms with Crippen LogP contribution < -0.4 is 5.32 Å². The van der Waals surface area contributed by atoms with Crippen molar-refractivity contribution in [1.82, 2.24) is 5.32 Å². The molecule has 0 aliphatic heterocycles. The quantitative estimate of drug-likeness (QED) is 0.715. The molecule has 0 heterocycles. The topological polar surface area (TPSA) is 32.3 Å². The summed E-state index contributed by atoms with van der Waals surface area (Å²) >= 11 is 0. The zero-order valence-electron chi connectivity index (χ0n) is 10.1. The zero-order valence-corrected chi connectivity index (χ0v) is 10.1. The molecule has 0 aliphatic rings. The zero-order chi connectivity index (χ0) is 10.9. The third-order valence-corrected chi connectivity index (χ3v) is 1.43. The average molecular weight is 189 g/mol. The summed E-state index contributed by atoms with van der Waals surface area (Å²) in [5.41, 5.74) is 0.122. The van der Waals surface area contributed by atoms with Crippen molar-refractivity contribution in [3.05, 3.63) is 0 Å². The number of nitrogens with one attached hydrogen (secondary N) is 1. The monoisotopic (exact) mass is 189 g/mol. The van der Waals surface area contributed by atoms with E-state index in [1.54, 1.807) is 6.92 Å². The van der Waals surface area contributed by atoms with Gasteiger partial charge in [-0.05, 0) is 27.7 Å². The minimum atomic E-state index is -0.246. The molecule has 0 aromatic rings. The van der Waals surface area contributed by atoms with E-state index in [9.17, 15) is 0 Å². The lowest BCUT2D eigenvalue weighted by Gasteiger charge is -2.21. The summed E-state index contributed by atoms with van der Waals surface area (Å²) in [6, 6.07) is 0. The molecule has 82 valence electrons. The average Bonchev–Trinajstić information content (AvgIpc) is 2.00. The molecule has 1 atom stereocenters. The fourth-order valence-corrected chi connectivity index (χ4v) is 0.454. The van der Waals surface area contributed by atoms with Crippen LogP contribution in [0.3, 0.4) is 0 Å². The summed E-state index contributed by atoms with van der Waals surface area (Å²) in [5, 5.41) is 12.0. The standard InChI is InChI=1S/C7H17NO.C4H10/c1-6(9)5-8-7(2,3)4;1-3-4-2/h6,8-9H,5H2,1-4H3;3-4H2,1-2H3. The summed E-state index contributed by atoms with van der Waals surface area (Å²) in [6.07, 6.45) is 2.39. The number of unbranched alkanes of at least 4 members (excludes halogenated alkanes) is 1. The first-order valence-electron chi connectivity index (χ1n) is 5.26. The highest BCUT2D eigenvalue weighted by Gasteiger charge is 2.08. The van der Waals surface area contributed by atoms with E-state index in [-0.39, 0.29) is 11.6 Å². The Bertz CT molecular complexity index is 92.8. The van der Waals surface area contributed by atoms with Gasteiger partial charge in [-0.1, -0.05) is 26.7 Å². The second-order valence-corrected chi connectivity index (χ2v) is 4.48. The second-order valence-electron chi connectivity index (χ2n) is 4.48. The van der Waals surface area contributed by atoms with Gasteiger partial charge >= 0.3 is 0 Å². The predicted molar refractivity (Wildman–Crippen MR) is 60.0 cm³/mol. The van der Waals surface area contributed by atoms with Crippen molar-refractivity contribution in [2.24, 2.45) is 0 Å². The van der Waals surface area contributed by atoms with Gasteiger partial charge in [-0.15, -0.1) is 0 Å². The number of hydrogen-bond acceptors (Lipinski definition) is 2. The Hall–Kier alpha value is -0.0800. The van der Waals surface area contributed by atoms with Gasteiger partial charge in [-0.3, -0.25) is 0 Å². The van der Waals surface area contributed by atoms with Crippen molar-refractivity contribution in [2.45, 2.75) is 66.0 Å². The SMILES string of the molecule is CC(O)CNC(C)(C)C.CCCC. The number of rotatable bonds is 3. The van der Waals surface area contributed by atoms with Crippen molar-refractivity contribution in [3.63, 3.8) is 0 Å². The summed E-state index contributed by atoms with van der Waals surface area (Å²) in [5.74, 6) is 0. The summed E-state index contributed by atoms with van der Waals surface area (Å²) in [6.45, 7) is 13.0. The molecule has 1 unspecified atom stereocenters. The van der Waals surface area contributed by atoms with Crippen molar-refractivity contribution in [1.29, 1.82) is 0 Å². The molecule has 0 spiro atoms. The number of aliphatic hydroxyl groups is 1. The third kappa shape index (κ3) is 24.5. The predicted octanol–water partition coefficient (Wildman–Crippen LogP) is 2.56. The van der Waals surface area contributed by atoms with E-state index in [4.69, 9.17) is 5.11 Å². The highest BCUT2D eigenvalue weighted by Crippen LogP contribution is 1.97. The Morgan fingerprint density at radius 1 is 1.15 bits per heavy atom. The van der Waals surface area contributed by atoms with E-state index in [0.29, 0.717) is 6.54 Å². The third-order valence-electron chi connectivity index (χ3n) is 1.43. The minimum absolute atomic E-state index is 0.122. The highest BCUT2D eigenvalue weighted by molar-refractivity contribution is 4.70. The maximum Gasteiger partial charge on any atom is 0.0636 e. The normalized spacial score (nSPS) is 13.2. The number of hydrogen-bond donors (Lipinski definition) is 2. The van der Waals surface area contributed by atoms with Gasteiger partial charge in [0.1, 0.15) is 0 Å². The van der Waals surface area contributed by atoms with Crippen LogP contribution in [-0.4, -0.2) is 23.3 Å². The van der Waals surface area contributed by atoms with Crippen LogP contribution in [0.4, 0.5) is 0 Å². The lowest BCUT2D eigenvalue weighted by Crippen LogP contribution is -2.39. The molecule has 0 saturated heterocycles. The lowest BCUT2D eigenvalue weighted by atomic mass is 10.1. The lowest BCUT2D eigenvalue weighted by molar-refractivity contribution is 0.179. The van der Waals surface area contributed by atoms with Crippen LogP contribution in [0.2, 0.25) is 0 Å². The molecule has 2 N–H and O–H groups in total. The van der Waals surface area contributed by atoms with Gasteiger partial charge in [-0.2, -0.15) is 0 Å². The van der Waals surface area contributed by atoms with Crippen molar-refractivity contribution < 1.29 is 5.11 Å². The Balaban J connectivity index is 0. The van der Waals surface area contributed by atoms with Crippen LogP contribution in [0.5, 0.6) is 0 Å². The summed E-state index contributed by atoms with van der Waals surface area (Å²) in [4.78, 5) is 0. The van der Waals surface area contributed by atoms with Crippen LogP contribution in [0.15, 0.2) is 0 Å². The van der Waals surface area contributed by atoms with Gasteiger partial charge in [0, 0.05) is 12.1 Å². The van der Waals surface area contributed by atoms with Crippen LogP contribution >= 0.6 is 0 Å². The molecule has 0 amide bonds. The molecule has 0 radical (unpaired) electrons. The molecule has 0 aromatic carbocycles. The second kappa shape index (κ2) is 8.52. The fourth-order valence-electron chi connectivity index (χ4n) is 0.454. The van der Waals surface area contributed by atoms with Gasteiger partial charge in [0.15, 0.2) is 0 Å². The molecule has 13 heavy (non-hydrogen) atoms. The van der Waals surface area contributed by atoms with E-state index in [0.717, 1.165) is 0 Å². The van der Waals surface area contributed by atoms with Gasteiger partial charge < -0.3 is 10.4 Å². The molecule has 0 aliphatic carbocycles. The largest absolute Gasteiger partial charge is 0.392 e. The summed E-state index contributed by atoms with van der Waals surface area (Å²) in [7, 11) is 0. The van der Waals surface area contributed by atoms with Crippen LogP contribution in [0.25, 0.3) is 0 Å². The molecular weight excluding hydrogens is 162 g/mol. The van der Waals surface area contributed by atoms with E-state index in [2.05, 4.69) is 39.9 Å². The van der Waals surface area contributed by atoms with Gasteiger partial charge in [0.05, 0.1) is 6.10 Å². The summed E-state index contributed by atoms with van der Waals surface area (Å²) < 4.78 is 0. The molecule has 2 heteroatoms. The van der Waals surface area contributed by atoms with Crippen molar-refractivity contribution in [3.8, 4) is 0 Å². The first-order valence-corrected chi connectivity index (χ1v) is 5.26. The Morgan fingerprint density at radius 3 is 1.62 bits per heavy atom. The Morgan fingerprint density at radius 2 is 1.54 bits per heavy atom. The molecule has 0 rings (SSSR count). The molecule has 0 saturated carbocycles. The highest BCUT2D eigenvalue weighted by atomic mass is 16.3. The van der Waals surface area contributed by atoms with E-state index < -0.39 is 0 Å². The minimum Gasteiger partial charge on any atom is -0.392 e. The number of aliphatic hydroxyl groups excluding tert-OH is 1. The molecule has 2 nitrogen and oxygen atoms in total. The van der Waals surface area contributed by atoms with Gasteiger partial charge in [0.2, 0.25) is 0 Å². The van der Waals surface area contributed by atoms with Crippen molar-refractivity contribution >= 4 is 0 Å². The Labute approximate surface area is 83.7 Å². The smallest absolute Gasteiger partial charge is 0.0636 e. The number of β-amino-alcohol motifs (C(OH)–C–C–N with tert-alkyl or cyclic N) is 1. The van der Waals surface area contributed by atoms with E-state index in [1.807, 2.05) is 0 Å². The first-order chi connectivity index (χ1) is 5.83. The van der Waals surface area contributed by atoms with E-state index >= 15 is 0 Å². The molecular formula is C11H27NO. The maximum absolute atomic E-state index is 8.85. The molecule has 0 aromatic heterocycles. The maximum atomic E-state index is 8.85. The van der Waals surface area contributed by atoms with Crippen LogP contribution in [0.1, 0.15) is 54.4 Å². The molecule has 0 fully saturated rings. The van der Waals surface area contributed by atoms with Gasteiger partial charge in [0.25, 0.3) is 0 Å². The first kappa shape index (κ1) is 15.4.